The van der Waals surface area contributed by atoms with Crippen LogP contribution < -0.4 is 9.64 Å². The number of ketones is 1. The van der Waals surface area contributed by atoms with Crippen molar-refractivity contribution in [2.45, 2.75) is 25.5 Å². The zero-order valence-electron chi connectivity index (χ0n) is 16.4. The van der Waals surface area contributed by atoms with E-state index < -0.39 is 23.5 Å². The van der Waals surface area contributed by atoms with Crippen molar-refractivity contribution in [1.29, 1.82) is 0 Å². The van der Waals surface area contributed by atoms with Gasteiger partial charge in [0.15, 0.2) is 5.13 Å². The van der Waals surface area contributed by atoms with E-state index in [0.717, 1.165) is 11.3 Å². The molecule has 6 nitrogen and oxygen atoms in total. The first-order valence-corrected chi connectivity index (χ1v) is 10.6. The summed E-state index contributed by atoms with van der Waals surface area (Å²) < 4.78 is 19.2. The number of rotatable bonds is 3. The first-order valence-electron chi connectivity index (χ1n) is 9.70. The van der Waals surface area contributed by atoms with Crippen molar-refractivity contribution < 1.29 is 23.8 Å². The Morgan fingerprint density at radius 1 is 1.23 bits per heavy atom. The number of aromatic nitrogens is 1. The number of aliphatic hydroxyl groups is 1. The summed E-state index contributed by atoms with van der Waals surface area (Å²) in [5.74, 6) is -1.59. The average molecular weight is 436 g/mol. The van der Waals surface area contributed by atoms with E-state index in [1.807, 2.05) is 6.92 Å². The van der Waals surface area contributed by atoms with Gasteiger partial charge in [0.1, 0.15) is 23.4 Å². The fraction of sp³-hybridized carbons (Fsp3) is 0.174. The van der Waals surface area contributed by atoms with Gasteiger partial charge < -0.3 is 9.84 Å². The maximum absolute atomic E-state index is 13.5. The summed E-state index contributed by atoms with van der Waals surface area (Å²) in [6.45, 7) is 1.95. The van der Waals surface area contributed by atoms with Gasteiger partial charge in [-0.25, -0.2) is 9.37 Å². The molecule has 2 aromatic carbocycles. The molecule has 5 rings (SSSR count). The van der Waals surface area contributed by atoms with Crippen molar-refractivity contribution in [3.63, 3.8) is 0 Å². The van der Waals surface area contributed by atoms with Crippen LogP contribution in [0.15, 0.2) is 59.6 Å². The van der Waals surface area contributed by atoms with Gasteiger partial charge in [0.25, 0.3) is 5.78 Å². The normalized spacial score (nSPS) is 21.9. The predicted octanol–water partition coefficient (Wildman–Crippen LogP) is 4.23. The smallest absolute Gasteiger partial charge is 0.301 e. The summed E-state index contributed by atoms with van der Waals surface area (Å²) in [7, 11) is 0. The Morgan fingerprint density at radius 3 is 2.71 bits per heavy atom. The van der Waals surface area contributed by atoms with Crippen molar-refractivity contribution >= 4 is 33.9 Å². The van der Waals surface area contributed by atoms with E-state index in [-0.39, 0.29) is 17.4 Å². The Kier molecular flexibility index (Phi) is 4.59. The van der Waals surface area contributed by atoms with Gasteiger partial charge in [-0.3, -0.25) is 14.5 Å². The van der Waals surface area contributed by atoms with E-state index in [1.165, 1.54) is 46.7 Å². The SMILES string of the molecule is C[C@@H]1Cc2cc(C(O)=C3C(=O)C(=O)N(c4nccs4)[C@@H]3c3ccc(F)cc3)ccc2O1. The number of anilines is 1. The summed E-state index contributed by atoms with van der Waals surface area (Å²) in [6.07, 6.45) is 2.25. The Hall–Kier alpha value is -3.52. The zero-order valence-corrected chi connectivity index (χ0v) is 17.2. The summed E-state index contributed by atoms with van der Waals surface area (Å²) in [6, 6.07) is 9.76. The summed E-state index contributed by atoms with van der Waals surface area (Å²) in [5.41, 5.74) is 1.78. The quantitative estimate of drug-likeness (QED) is 0.378. The average Bonchev–Trinajstić information content (AvgIpc) is 3.46. The molecule has 2 atom stereocenters. The zero-order chi connectivity index (χ0) is 21.7. The molecule has 8 heteroatoms. The molecule has 2 aliphatic heterocycles. The molecule has 2 aliphatic rings. The van der Waals surface area contributed by atoms with Crippen LogP contribution in [0.2, 0.25) is 0 Å². The minimum atomic E-state index is -0.921. The molecule has 3 heterocycles. The maximum atomic E-state index is 13.5. The number of aliphatic hydroxyl groups excluding tert-OH is 1. The number of benzene rings is 2. The standard InChI is InChI=1S/C23H17FN2O4S/c1-12-10-15-11-14(4-7-17(15)30-12)20(27)18-19(13-2-5-16(24)6-3-13)26(22(29)21(18)28)23-25-8-9-31-23/h2-9,11-12,19,27H,10H2,1H3/t12-,19-/m1/s1. The van der Waals surface area contributed by atoms with Crippen molar-refractivity contribution in [1.82, 2.24) is 4.98 Å². The number of ether oxygens (including phenoxy) is 1. The molecule has 0 saturated carbocycles. The van der Waals surface area contributed by atoms with Crippen LogP contribution in [0.5, 0.6) is 5.75 Å². The highest BCUT2D eigenvalue weighted by Crippen LogP contribution is 2.43. The third kappa shape index (κ3) is 3.19. The molecular formula is C23H17FN2O4S. The van der Waals surface area contributed by atoms with Gasteiger partial charge in [-0.2, -0.15) is 0 Å². The largest absolute Gasteiger partial charge is 0.507 e. The molecule has 1 N–H and O–H groups in total. The fourth-order valence-corrected chi connectivity index (χ4v) is 4.72. The molecule has 0 radical (unpaired) electrons. The number of hydrogen-bond acceptors (Lipinski definition) is 6. The molecule has 1 amide bonds. The van der Waals surface area contributed by atoms with Crippen LogP contribution in [0.1, 0.15) is 29.7 Å². The summed E-state index contributed by atoms with van der Waals surface area (Å²) >= 11 is 1.20. The predicted molar refractivity (Wildman–Crippen MR) is 114 cm³/mol. The minimum Gasteiger partial charge on any atom is -0.507 e. The lowest BCUT2D eigenvalue weighted by Crippen LogP contribution is -2.29. The van der Waals surface area contributed by atoms with Crippen LogP contribution in [-0.4, -0.2) is 27.9 Å². The van der Waals surface area contributed by atoms with E-state index in [4.69, 9.17) is 4.74 Å². The molecule has 0 spiro atoms. The number of hydrogen-bond donors (Lipinski definition) is 1. The van der Waals surface area contributed by atoms with E-state index >= 15 is 0 Å². The van der Waals surface area contributed by atoms with Crippen molar-refractivity contribution in [3.8, 4) is 5.75 Å². The lowest BCUT2D eigenvalue weighted by Gasteiger charge is -2.23. The third-order valence-corrected chi connectivity index (χ3v) is 6.20. The van der Waals surface area contributed by atoms with Gasteiger partial charge >= 0.3 is 5.91 Å². The second-order valence-electron chi connectivity index (χ2n) is 7.49. The molecule has 0 unspecified atom stereocenters. The molecule has 1 fully saturated rings. The molecule has 3 aromatic rings. The second kappa shape index (κ2) is 7.31. The monoisotopic (exact) mass is 436 g/mol. The lowest BCUT2D eigenvalue weighted by atomic mass is 9.94. The number of fused-ring (bicyclic) bond motifs is 1. The van der Waals surface area contributed by atoms with E-state index in [0.29, 0.717) is 22.7 Å². The highest BCUT2D eigenvalue weighted by molar-refractivity contribution is 7.14. The Labute approximate surface area is 181 Å². The van der Waals surface area contributed by atoms with E-state index in [1.54, 1.807) is 23.6 Å². The first-order chi connectivity index (χ1) is 14.9. The van der Waals surface area contributed by atoms with Crippen molar-refractivity contribution in [2.75, 3.05) is 4.90 Å². The van der Waals surface area contributed by atoms with E-state index in [2.05, 4.69) is 4.98 Å². The van der Waals surface area contributed by atoms with Crippen LogP contribution in [-0.2, 0) is 16.0 Å². The Balaban J connectivity index is 1.68. The van der Waals surface area contributed by atoms with Gasteiger partial charge in [0.2, 0.25) is 0 Å². The van der Waals surface area contributed by atoms with Crippen LogP contribution in [0.4, 0.5) is 9.52 Å². The van der Waals surface area contributed by atoms with E-state index in [9.17, 15) is 19.1 Å². The van der Waals surface area contributed by atoms with Crippen LogP contribution in [0.3, 0.4) is 0 Å². The van der Waals surface area contributed by atoms with Crippen molar-refractivity contribution in [3.05, 3.63) is 82.1 Å². The van der Waals surface area contributed by atoms with Gasteiger partial charge in [0.05, 0.1) is 11.6 Å². The van der Waals surface area contributed by atoms with Gasteiger partial charge in [-0.05, 0) is 48.4 Å². The highest BCUT2D eigenvalue weighted by atomic mass is 32.1. The second-order valence-corrected chi connectivity index (χ2v) is 8.36. The molecular weight excluding hydrogens is 419 g/mol. The maximum Gasteiger partial charge on any atom is 0.301 e. The third-order valence-electron chi connectivity index (χ3n) is 5.42. The Bertz CT molecular complexity index is 1220. The summed E-state index contributed by atoms with van der Waals surface area (Å²) in [5, 5.41) is 13.2. The summed E-state index contributed by atoms with van der Waals surface area (Å²) in [4.78, 5) is 31.4. The number of carbonyl (C=O) groups is 2. The number of carbonyl (C=O) groups excluding carboxylic acids is 2. The van der Waals surface area contributed by atoms with Crippen LogP contribution in [0.25, 0.3) is 5.76 Å². The van der Waals surface area contributed by atoms with Gasteiger partial charge in [-0.1, -0.05) is 12.1 Å². The van der Waals surface area contributed by atoms with Gasteiger partial charge in [0, 0.05) is 23.6 Å². The van der Waals surface area contributed by atoms with Gasteiger partial charge in [-0.15, -0.1) is 11.3 Å². The van der Waals surface area contributed by atoms with Crippen LogP contribution >= 0.6 is 11.3 Å². The molecule has 31 heavy (non-hydrogen) atoms. The number of amides is 1. The number of nitrogens with zero attached hydrogens (tertiary/aromatic N) is 2. The Morgan fingerprint density at radius 2 is 2.00 bits per heavy atom. The van der Waals surface area contributed by atoms with Crippen molar-refractivity contribution in [2.24, 2.45) is 0 Å². The molecule has 0 bridgehead atoms. The number of halogens is 1. The minimum absolute atomic E-state index is 0.0297. The highest BCUT2D eigenvalue weighted by Gasteiger charge is 2.48. The fourth-order valence-electron chi connectivity index (χ4n) is 4.05. The molecule has 0 aliphatic carbocycles. The molecule has 1 saturated heterocycles. The van der Waals surface area contributed by atoms with Crippen LogP contribution in [0, 0.1) is 5.82 Å². The number of Topliss-reactive ketones (excluding diaryl/α,β-unsaturated/α-hetero) is 1. The first kappa shape index (κ1) is 19.4. The number of thiazole rings is 1. The molecule has 156 valence electrons. The lowest BCUT2D eigenvalue weighted by molar-refractivity contribution is -0.132. The topological polar surface area (TPSA) is 79.7 Å². The molecule has 1 aromatic heterocycles.